The SMILES string of the molecule is COc1ccc(-c2cc3nccc(Oc4ccc(CC(=O)CC5CC5)cc4F)c3s2)nc1.FC1(F)CCNC1.FC1(F)CCNCC1.O=C(Cc1ccc(Oc2ccnc3cc(-c4ccc(CN5CCC(F)(F)C5)cn4)sc23)c(F)c1)CC1CC1.O=C(Cc1ccc(Oc2ccnc3cc(-c4ccc(CN5CCC(F)(F)CC5)cn4)sc23)c(F)c1)CC1CC1. The number of hydrogen-bond donors (Lipinski definition) is 2. The smallest absolute Gasteiger partial charge is 0.261 e. The number of pyridine rings is 6. The number of thiophene rings is 3. The summed E-state index contributed by atoms with van der Waals surface area (Å²) in [5, 5.41) is 5.42. The maximum Gasteiger partial charge on any atom is 0.261 e. The summed E-state index contributed by atoms with van der Waals surface area (Å²) in [5.41, 5.74) is 8.29. The molecule has 2 N–H and O–H groups in total. The molecule has 3 aliphatic carbocycles. The molecule has 650 valence electrons. The van der Waals surface area contributed by atoms with E-state index in [0.29, 0.717) is 135 Å². The zero-order valence-electron chi connectivity index (χ0n) is 67.9. The molecule has 0 spiro atoms. The van der Waals surface area contributed by atoms with Crippen molar-refractivity contribution >= 4 is 82.0 Å². The fourth-order valence-electron chi connectivity index (χ4n) is 14.7. The molecule has 0 bridgehead atoms. The van der Waals surface area contributed by atoms with Crippen LogP contribution in [0.5, 0.6) is 40.2 Å². The van der Waals surface area contributed by atoms with Crippen LogP contribution in [0.25, 0.3) is 62.4 Å². The normalized spacial score (nSPS) is 17.6. The second-order valence-electron chi connectivity index (χ2n) is 32.6. The molecule has 12 aromatic rings. The van der Waals surface area contributed by atoms with Crippen LogP contribution in [0.3, 0.4) is 0 Å². The Bertz CT molecular complexity index is 5710. The third-order valence-electron chi connectivity index (χ3n) is 22.0. The Morgan fingerprint density at radius 1 is 0.395 bits per heavy atom. The number of piperidine rings is 2. The van der Waals surface area contributed by atoms with E-state index in [1.54, 1.807) is 104 Å². The molecule has 9 aromatic heterocycles. The molecular formula is C93H91F11N10O7S3. The average Bonchev–Trinajstić information content (AvgIpc) is 1.65. The fourth-order valence-corrected chi connectivity index (χ4v) is 17.8. The van der Waals surface area contributed by atoms with Gasteiger partial charge in [-0.25, -0.2) is 48.3 Å². The van der Waals surface area contributed by atoms with Crippen molar-refractivity contribution in [3.63, 3.8) is 0 Å². The highest BCUT2D eigenvalue weighted by atomic mass is 32.1. The van der Waals surface area contributed by atoms with Crippen LogP contribution in [-0.2, 0) is 46.7 Å². The first kappa shape index (κ1) is 88.6. The van der Waals surface area contributed by atoms with Gasteiger partial charge in [0.25, 0.3) is 23.7 Å². The lowest BCUT2D eigenvalue weighted by atomic mass is 10.0. The molecule has 7 aliphatic rings. The first-order valence-corrected chi connectivity index (χ1v) is 44.0. The number of nitrogens with one attached hydrogen (secondary N) is 2. The number of halogens is 11. The molecule has 4 saturated heterocycles. The van der Waals surface area contributed by atoms with E-state index in [1.807, 2.05) is 59.5 Å². The summed E-state index contributed by atoms with van der Waals surface area (Å²) in [6.07, 6.45) is 18.9. The van der Waals surface area contributed by atoms with Crippen LogP contribution in [0.1, 0.15) is 124 Å². The van der Waals surface area contributed by atoms with Crippen molar-refractivity contribution < 1.29 is 81.6 Å². The number of aromatic nitrogens is 6. The topological polar surface area (TPSA) is 196 Å². The summed E-state index contributed by atoms with van der Waals surface area (Å²) in [5.74, 6) is -7.00. The van der Waals surface area contributed by atoms with E-state index < -0.39 is 41.1 Å². The molecule has 31 heteroatoms. The third kappa shape index (κ3) is 25.1. The second-order valence-corrected chi connectivity index (χ2v) is 35.8. The number of ether oxygens (including phenoxy) is 4. The second kappa shape index (κ2) is 39.5. The Balaban J connectivity index is 0.000000133. The molecule has 7 fully saturated rings. The van der Waals surface area contributed by atoms with Crippen LogP contribution in [0.4, 0.5) is 48.3 Å². The van der Waals surface area contributed by atoms with Crippen LogP contribution >= 0.6 is 34.0 Å². The van der Waals surface area contributed by atoms with E-state index in [0.717, 1.165) is 106 Å². The Hall–Kier alpha value is -10.3. The van der Waals surface area contributed by atoms with E-state index in [-0.39, 0.29) is 105 Å². The molecule has 0 radical (unpaired) electrons. The van der Waals surface area contributed by atoms with Gasteiger partial charge in [0.2, 0.25) is 0 Å². The lowest BCUT2D eigenvalue weighted by molar-refractivity contribution is -0.119. The minimum absolute atomic E-state index is 0.00694. The van der Waals surface area contributed by atoms with Crippen molar-refractivity contribution in [2.24, 2.45) is 17.8 Å². The Morgan fingerprint density at radius 3 is 1.06 bits per heavy atom. The molecule has 124 heavy (non-hydrogen) atoms. The van der Waals surface area contributed by atoms with Crippen LogP contribution < -0.4 is 29.6 Å². The molecule has 3 saturated carbocycles. The number of Topliss-reactive ketones (excluding diaryl/α,β-unsaturated/α-hetero) is 3. The summed E-state index contributed by atoms with van der Waals surface area (Å²) >= 11 is 4.37. The standard InChI is InChI=1S/C30H28F3N3O2S.C29H26F3N3O2S.C25H21FN2O3S.C5H9F2N.C4H7F2N/c31-23-15-20(14-22(37)13-19-1-2-19)4-6-26(23)38-27-7-10-34-25-16-28(39-29(25)27)24-5-3-21(17-35-24)18-36-11-8-30(32,33)9-12-36;30-22-13-19(12-21(36)11-18-1-2-18)4-6-25(22)37-26-7-9-33-24-14-27(38-28(24)26)23-5-3-20(15-34-23)16-35-10-8-29(31,32)17-35;1-30-18-5-6-20(28-14-18)24-13-21-25(32-24)23(8-9-27-21)31-22-7-4-16(12-19(22)26)11-17(29)10-15-2-3-15;6-5(7)1-3-8-4-2-5;5-4(6)1-2-7-3-4/h3-7,10,15-17,19H,1-2,8-9,11-14,18H2;3-7,9,13-15,18H,1-2,8,10-12,16-17H2;4-9,12-15H,2-3,10-11H2,1H3;8H,1-4H2;7H,1-3H2. The lowest BCUT2D eigenvalue weighted by Gasteiger charge is -2.31. The van der Waals surface area contributed by atoms with Gasteiger partial charge in [0.1, 0.15) is 40.3 Å². The van der Waals surface area contributed by atoms with Gasteiger partial charge in [-0.1, -0.05) is 30.3 Å². The quantitative estimate of drug-likeness (QED) is 0.0485. The van der Waals surface area contributed by atoms with Gasteiger partial charge in [-0.15, -0.1) is 34.0 Å². The number of methoxy groups -OCH3 is 1. The van der Waals surface area contributed by atoms with Crippen molar-refractivity contribution in [1.82, 2.24) is 50.3 Å². The number of ketones is 3. The summed E-state index contributed by atoms with van der Waals surface area (Å²) in [7, 11) is 1.60. The Labute approximate surface area is 721 Å². The molecule has 4 aliphatic heterocycles. The van der Waals surface area contributed by atoms with Crippen molar-refractivity contribution in [3.05, 3.63) is 210 Å². The van der Waals surface area contributed by atoms with Crippen molar-refractivity contribution in [2.45, 2.75) is 152 Å². The highest BCUT2D eigenvalue weighted by molar-refractivity contribution is 7.23. The number of carbonyl (C=O) groups excluding carboxylic acids is 3. The average molecular weight is 1770 g/mol. The minimum Gasteiger partial charge on any atom is -0.495 e. The van der Waals surface area contributed by atoms with Crippen molar-refractivity contribution in [2.75, 3.05) is 59.5 Å². The molecule has 3 aromatic carbocycles. The van der Waals surface area contributed by atoms with Gasteiger partial charge in [0, 0.05) is 179 Å². The van der Waals surface area contributed by atoms with Gasteiger partial charge in [-0.2, -0.15) is 0 Å². The predicted octanol–water partition coefficient (Wildman–Crippen LogP) is 22.3. The van der Waals surface area contributed by atoms with E-state index in [4.69, 9.17) is 18.9 Å². The summed E-state index contributed by atoms with van der Waals surface area (Å²) in [6, 6.07) is 36.3. The first-order chi connectivity index (χ1) is 59.6. The Kier molecular flexibility index (Phi) is 28.2. The summed E-state index contributed by atoms with van der Waals surface area (Å²) in [4.78, 5) is 69.7. The number of likely N-dealkylation sites (tertiary alicyclic amines) is 2. The zero-order valence-corrected chi connectivity index (χ0v) is 70.4. The zero-order chi connectivity index (χ0) is 86.7. The molecule has 17 nitrogen and oxygen atoms in total. The van der Waals surface area contributed by atoms with Gasteiger partial charge >= 0.3 is 0 Å². The summed E-state index contributed by atoms with van der Waals surface area (Å²) in [6.45, 7) is 3.20. The number of nitrogens with zero attached hydrogens (tertiary/aromatic N) is 8. The maximum atomic E-state index is 14.9. The molecule has 0 atom stereocenters. The lowest BCUT2D eigenvalue weighted by Crippen LogP contribution is -2.38. The van der Waals surface area contributed by atoms with Gasteiger partial charge < -0.3 is 29.6 Å². The van der Waals surface area contributed by atoms with Gasteiger partial charge in [-0.3, -0.25) is 54.1 Å². The van der Waals surface area contributed by atoms with E-state index in [2.05, 4.69) is 40.5 Å². The minimum atomic E-state index is -2.61. The van der Waals surface area contributed by atoms with E-state index in [1.165, 1.54) is 52.2 Å². The number of rotatable bonds is 26. The highest BCUT2D eigenvalue weighted by Crippen LogP contribution is 2.45. The molecule has 13 heterocycles. The number of alkyl halides is 8. The predicted molar refractivity (Wildman–Crippen MR) is 456 cm³/mol. The van der Waals surface area contributed by atoms with E-state index in [9.17, 15) is 62.7 Å². The molecule has 0 amide bonds. The van der Waals surface area contributed by atoms with Gasteiger partial charge in [0.05, 0.1) is 88.8 Å². The monoisotopic (exact) mass is 1760 g/mol. The van der Waals surface area contributed by atoms with Crippen molar-refractivity contribution in [1.29, 1.82) is 0 Å². The van der Waals surface area contributed by atoms with E-state index >= 15 is 0 Å². The van der Waals surface area contributed by atoms with Crippen LogP contribution in [0.2, 0.25) is 0 Å². The first-order valence-electron chi connectivity index (χ1n) is 41.5. The van der Waals surface area contributed by atoms with Crippen LogP contribution in [-0.4, -0.2) is 140 Å². The number of fused-ring (bicyclic) bond motifs is 3. The molecule has 19 rings (SSSR count). The summed E-state index contributed by atoms with van der Waals surface area (Å²) < 4.78 is 172. The fraction of sp³-hybridized carbons (Fsp3) is 0.387. The Morgan fingerprint density at radius 2 is 0.750 bits per heavy atom. The van der Waals surface area contributed by atoms with Gasteiger partial charge in [0.15, 0.2) is 34.7 Å². The number of hydrogen-bond acceptors (Lipinski definition) is 20. The highest BCUT2D eigenvalue weighted by Gasteiger charge is 2.39. The molecule has 0 unspecified atom stereocenters. The number of benzene rings is 3. The number of carbonyl (C=O) groups is 3. The van der Waals surface area contributed by atoms with Crippen molar-refractivity contribution in [3.8, 4) is 72.0 Å². The van der Waals surface area contributed by atoms with Crippen LogP contribution in [0.15, 0.2) is 165 Å². The van der Waals surface area contributed by atoms with Crippen LogP contribution in [0, 0.1) is 35.2 Å². The molecular weight excluding hydrogens is 1670 g/mol. The maximum absolute atomic E-state index is 14.9. The van der Waals surface area contributed by atoms with Gasteiger partial charge in [-0.05, 0) is 163 Å². The largest absolute Gasteiger partial charge is 0.495 e. The third-order valence-corrected chi connectivity index (χ3v) is 25.5.